The van der Waals surface area contributed by atoms with Crippen LogP contribution < -0.4 is 15.0 Å². The molecular weight excluding hydrogens is 521 g/mol. The van der Waals surface area contributed by atoms with Crippen LogP contribution in [0.3, 0.4) is 0 Å². The van der Waals surface area contributed by atoms with Gasteiger partial charge in [-0.15, -0.1) is 10.2 Å². The number of halogens is 1. The van der Waals surface area contributed by atoms with Crippen LogP contribution in [0.4, 0.5) is 15.8 Å². The number of carbonyl (C=O) groups is 2. The fourth-order valence-electron chi connectivity index (χ4n) is 4.25. The normalized spacial score (nSPS) is 13.3. The minimum Gasteiger partial charge on any atom is -0.496 e. The summed E-state index contributed by atoms with van der Waals surface area (Å²) in [7, 11) is 1.57. The van der Waals surface area contributed by atoms with Crippen LogP contribution in [0.15, 0.2) is 82.4 Å². The highest BCUT2D eigenvalue weighted by Gasteiger charge is 2.24. The Balaban J connectivity index is 1.10. The largest absolute Gasteiger partial charge is 0.496 e. The molecule has 2 heterocycles. The van der Waals surface area contributed by atoms with E-state index in [0.717, 1.165) is 17.4 Å². The first kappa shape index (κ1) is 26.2. The number of nitrogens with zero attached hydrogens (tertiary/aromatic N) is 4. The SMILES string of the molecule is COc1ccccc1-c1nnc(SCC(=O)Nc2ccc(N3CCN(C(=O)c4ccccc4F)CC3)cc2)o1. The summed E-state index contributed by atoms with van der Waals surface area (Å²) in [6.45, 7) is 2.25. The molecule has 4 aromatic rings. The summed E-state index contributed by atoms with van der Waals surface area (Å²) in [4.78, 5) is 29.0. The Kier molecular flexibility index (Phi) is 8.07. The van der Waals surface area contributed by atoms with Crippen LogP contribution in [0.1, 0.15) is 10.4 Å². The lowest BCUT2D eigenvalue weighted by Gasteiger charge is -2.36. The predicted molar refractivity (Wildman–Crippen MR) is 147 cm³/mol. The summed E-state index contributed by atoms with van der Waals surface area (Å²) in [5.41, 5.74) is 2.43. The van der Waals surface area contributed by atoms with Gasteiger partial charge in [0, 0.05) is 37.6 Å². The third-order valence-electron chi connectivity index (χ3n) is 6.26. The van der Waals surface area contributed by atoms with E-state index < -0.39 is 5.82 Å². The molecule has 1 fully saturated rings. The van der Waals surface area contributed by atoms with Crippen molar-refractivity contribution in [3.8, 4) is 17.2 Å². The first-order valence-electron chi connectivity index (χ1n) is 12.3. The highest BCUT2D eigenvalue weighted by Crippen LogP contribution is 2.30. The zero-order valence-corrected chi connectivity index (χ0v) is 22.0. The molecular formula is C28H26FN5O4S. The predicted octanol–water partition coefficient (Wildman–Crippen LogP) is 4.58. The quantitative estimate of drug-likeness (QED) is 0.320. The number of carbonyl (C=O) groups excluding carboxylic acids is 2. The number of piperazine rings is 1. The van der Waals surface area contributed by atoms with Gasteiger partial charge in [0.1, 0.15) is 11.6 Å². The second kappa shape index (κ2) is 12.0. The number of methoxy groups -OCH3 is 1. The van der Waals surface area contributed by atoms with E-state index in [4.69, 9.17) is 9.15 Å². The molecule has 9 nitrogen and oxygen atoms in total. The number of nitrogens with one attached hydrogen (secondary N) is 1. The number of thioether (sulfide) groups is 1. The number of hydrogen-bond acceptors (Lipinski definition) is 8. The molecule has 0 saturated carbocycles. The van der Waals surface area contributed by atoms with Crippen LogP contribution in [0.25, 0.3) is 11.5 Å². The number of rotatable bonds is 8. The molecule has 5 rings (SSSR count). The van der Waals surface area contributed by atoms with Crippen molar-refractivity contribution >= 4 is 35.0 Å². The molecule has 0 unspecified atom stereocenters. The maximum absolute atomic E-state index is 14.0. The molecule has 1 saturated heterocycles. The number of anilines is 2. The number of ether oxygens (including phenoxy) is 1. The lowest BCUT2D eigenvalue weighted by Crippen LogP contribution is -2.49. The van der Waals surface area contributed by atoms with Crippen molar-refractivity contribution in [1.82, 2.24) is 15.1 Å². The lowest BCUT2D eigenvalue weighted by atomic mass is 10.1. The molecule has 0 bridgehead atoms. The summed E-state index contributed by atoms with van der Waals surface area (Å²) in [6.07, 6.45) is 0. The summed E-state index contributed by atoms with van der Waals surface area (Å²) in [6, 6.07) is 20.9. The van der Waals surface area contributed by atoms with E-state index in [2.05, 4.69) is 20.4 Å². The molecule has 0 aliphatic carbocycles. The van der Waals surface area contributed by atoms with Crippen LogP contribution in [0.5, 0.6) is 5.75 Å². The van der Waals surface area contributed by atoms with Crippen molar-refractivity contribution in [1.29, 1.82) is 0 Å². The first-order chi connectivity index (χ1) is 19.0. The van der Waals surface area contributed by atoms with Gasteiger partial charge in [0.2, 0.25) is 5.91 Å². The number of para-hydroxylation sites is 1. The maximum Gasteiger partial charge on any atom is 0.277 e. The molecule has 1 aliphatic rings. The van der Waals surface area contributed by atoms with Gasteiger partial charge in [-0.05, 0) is 48.5 Å². The van der Waals surface area contributed by atoms with Crippen molar-refractivity contribution in [2.24, 2.45) is 0 Å². The highest BCUT2D eigenvalue weighted by molar-refractivity contribution is 7.99. The molecule has 2 amide bonds. The monoisotopic (exact) mass is 547 g/mol. The zero-order chi connectivity index (χ0) is 27.2. The summed E-state index contributed by atoms with van der Waals surface area (Å²) < 4.78 is 25.0. The molecule has 1 N–H and O–H groups in total. The number of benzene rings is 3. The molecule has 0 radical (unpaired) electrons. The molecule has 1 aromatic heterocycles. The van der Waals surface area contributed by atoms with Crippen LogP contribution in [0.2, 0.25) is 0 Å². The van der Waals surface area contributed by atoms with Crippen molar-refractivity contribution in [2.45, 2.75) is 5.22 Å². The van der Waals surface area contributed by atoms with E-state index in [1.54, 1.807) is 30.2 Å². The van der Waals surface area contributed by atoms with Crippen LogP contribution in [0, 0.1) is 5.82 Å². The average molecular weight is 548 g/mol. The molecule has 0 spiro atoms. The lowest BCUT2D eigenvalue weighted by molar-refractivity contribution is -0.113. The fraction of sp³-hybridized carbons (Fsp3) is 0.214. The number of amides is 2. The van der Waals surface area contributed by atoms with E-state index in [0.29, 0.717) is 49.1 Å². The van der Waals surface area contributed by atoms with Crippen LogP contribution >= 0.6 is 11.8 Å². The molecule has 39 heavy (non-hydrogen) atoms. The van der Waals surface area contributed by atoms with Gasteiger partial charge in [0.05, 0.1) is 24.0 Å². The fourth-order valence-corrected chi connectivity index (χ4v) is 4.81. The minimum absolute atomic E-state index is 0.0974. The minimum atomic E-state index is -0.504. The Bertz CT molecular complexity index is 1450. The molecule has 11 heteroatoms. The van der Waals surface area contributed by atoms with Crippen LogP contribution in [-0.2, 0) is 4.79 Å². The Labute approximate surface area is 229 Å². The summed E-state index contributed by atoms with van der Waals surface area (Å²) >= 11 is 1.15. The first-order valence-corrected chi connectivity index (χ1v) is 13.3. The van der Waals surface area contributed by atoms with E-state index >= 15 is 0 Å². The zero-order valence-electron chi connectivity index (χ0n) is 21.2. The van der Waals surface area contributed by atoms with Gasteiger partial charge in [0.25, 0.3) is 17.0 Å². The number of hydrogen-bond donors (Lipinski definition) is 1. The van der Waals surface area contributed by atoms with Crippen molar-refractivity contribution in [3.63, 3.8) is 0 Å². The van der Waals surface area contributed by atoms with Gasteiger partial charge < -0.3 is 24.3 Å². The Hall–Kier alpha value is -4.38. The molecule has 1 aliphatic heterocycles. The molecule has 200 valence electrons. The number of aromatic nitrogens is 2. The highest BCUT2D eigenvalue weighted by atomic mass is 32.2. The standard InChI is InChI=1S/C28H26FN5O4S/c1-37-24-9-5-3-7-22(24)26-31-32-28(38-26)39-18-25(35)30-19-10-12-20(13-11-19)33-14-16-34(17-15-33)27(36)21-6-2-4-8-23(21)29/h2-13H,14-18H2,1H3,(H,30,35). The van der Waals surface area contributed by atoms with Crippen molar-refractivity contribution in [3.05, 3.63) is 84.2 Å². The Morgan fingerprint density at radius 3 is 2.44 bits per heavy atom. The second-order valence-corrected chi connectivity index (χ2v) is 9.64. The third kappa shape index (κ3) is 6.20. The van der Waals surface area contributed by atoms with Gasteiger partial charge in [-0.25, -0.2) is 4.39 Å². The van der Waals surface area contributed by atoms with E-state index in [-0.39, 0.29) is 28.4 Å². The third-order valence-corrected chi connectivity index (χ3v) is 7.08. The molecule has 0 atom stereocenters. The smallest absolute Gasteiger partial charge is 0.277 e. The van der Waals surface area contributed by atoms with Gasteiger partial charge in [0.15, 0.2) is 0 Å². The van der Waals surface area contributed by atoms with Crippen LogP contribution in [-0.4, -0.2) is 66.0 Å². The summed E-state index contributed by atoms with van der Waals surface area (Å²) in [5, 5.41) is 11.2. The summed E-state index contributed by atoms with van der Waals surface area (Å²) in [5.74, 6) is 0.0500. The topological polar surface area (TPSA) is 101 Å². The average Bonchev–Trinajstić information content (AvgIpc) is 3.45. The Morgan fingerprint density at radius 2 is 1.69 bits per heavy atom. The maximum atomic E-state index is 14.0. The van der Waals surface area contributed by atoms with Crippen molar-refractivity contribution < 1.29 is 23.1 Å². The van der Waals surface area contributed by atoms with E-state index in [1.807, 2.05) is 42.5 Å². The van der Waals surface area contributed by atoms with E-state index in [1.165, 1.54) is 12.1 Å². The Morgan fingerprint density at radius 1 is 0.974 bits per heavy atom. The van der Waals surface area contributed by atoms with Gasteiger partial charge in [-0.3, -0.25) is 9.59 Å². The second-order valence-electron chi connectivity index (χ2n) is 8.72. The molecule has 3 aromatic carbocycles. The van der Waals surface area contributed by atoms with Crippen molar-refractivity contribution in [2.75, 3.05) is 49.3 Å². The van der Waals surface area contributed by atoms with Gasteiger partial charge >= 0.3 is 0 Å². The van der Waals surface area contributed by atoms with Gasteiger partial charge in [-0.1, -0.05) is 36.0 Å². The van der Waals surface area contributed by atoms with Gasteiger partial charge in [-0.2, -0.15) is 0 Å². The van der Waals surface area contributed by atoms with E-state index in [9.17, 15) is 14.0 Å².